The Labute approximate surface area is 167 Å². The fourth-order valence-corrected chi connectivity index (χ4v) is 3.30. The molecule has 1 aliphatic rings. The van der Waals surface area contributed by atoms with Crippen LogP contribution in [0.25, 0.3) is 5.69 Å². The fraction of sp³-hybridized carbons (Fsp3) is 0.300. The van der Waals surface area contributed by atoms with Gasteiger partial charge in [-0.25, -0.2) is 0 Å². The second-order valence-electron chi connectivity index (χ2n) is 7.10. The Morgan fingerprint density at radius 2 is 2.00 bits per heavy atom. The Bertz CT molecular complexity index is 985. The van der Waals surface area contributed by atoms with Gasteiger partial charge in [0, 0.05) is 17.6 Å². The summed E-state index contributed by atoms with van der Waals surface area (Å²) < 4.78 is 1.65. The van der Waals surface area contributed by atoms with E-state index in [1.54, 1.807) is 22.9 Å². The minimum Gasteiger partial charge on any atom is -0.326 e. The fourth-order valence-electron chi connectivity index (χ4n) is 3.10. The summed E-state index contributed by atoms with van der Waals surface area (Å²) in [5.74, 6) is 0.596. The number of carbonyl (C=O) groups excluding carboxylic acids is 1. The number of hydrogen-bond donors (Lipinski definition) is 2. The van der Waals surface area contributed by atoms with Crippen molar-refractivity contribution < 1.29 is 4.79 Å². The summed E-state index contributed by atoms with van der Waals surface area (Å²) in [5, 5.41) is 15.4. The normalized spacial score (nSPS) is 15.8. The smallest absolute Gasteiger partial charge is 0.229 e. The monoisotopic (exact) mass is 396 g/mol. The molecule has 1 fully saturated rings. The molecule has 0 spiro atoms. The second kappa shape index (κ2) is 7.69. The number of aromatic nitrogens is 4. The van der Waals surface area contributed by atoms with Gasteiger partial charge in [-0.15, -0.1) is 5.10 Å². The number of halogens is 1. The SMILES string of the molecule is CC(C(=O)Nc1ccc(Cl)c(-n2nnnc2C2CC2)c1)C(N)c1ccccc1. The minimum atomic E-state index is -0.406. The number of carbonyl (C=O) groups is 1. The zero-order valence-corrected chi connectivity index (χ0v) is 16.2. The van der Waals surface area contributed by atoms with Crippen LogP contribution in [0.1, 0.15) is 43.1 Å². The zero-order valence-electron chi connectivity index (χ0n) is 15.4. The van der Waals surface area contributed by atoms with Gasteiger partial charge in [-0.1, -0.05) is 48.9 Å². The molecule has 1 heterocycles. The van der Waals surface area contributed by atoms with Gasteiger partial charge in [-0.3, -0.25) is 4.79 Å². The number of amides is 1. The molecule has 1 aliphatic carbocycles. The van der Waals surface area contributed by atoms with Crippen LogP contribution in [0.5, 0.6) is 0 Å². The predicted octanol–water partition coefficient (Wildman–Crippen LogP) is 3.47. The van der Waals surface area contributed by atoms with E-state index < -0.39 is 12.0 Å². The van der Waals surface area contributed by atoms with Crippen molar-refractivity contribution in [2.75, 3.05) is 5.32 Å². The third-order valence-electron chi connectivity index (χ3n) is 5.01. The van der Waals surface area contributed by atoms with Gasteiger partial charge in [0.1, 0.15) is 0 Å². The van der Waals surface area contributed by atoms with Gasteiger partial charge >= 0.3 is 0 Å². The number of benzene rings is 2. The predicted molar refractivity (Wildman–Crippen MR) is 107 cm³/mol. The van der Waals surface area contributed by atoms with Crippen molar-refractivity contribution in [2.45, 2.75) is 31.7 Å². The third kappa shape index (κ3) is 3.76. The van der Waals surface area contributed by atoms with E-state index in [2.05, 4.69) is 20.8 Å². The highest BCUT2D eigenvalue weighted by molar-refractivity contribution is 6.32. The van der Waals surface area contributed by atoms with Crippen molar-refractivity contribution in [3.8, 4) is 5.69 Å². The molecule has 28 heavy (non-hydrogen) atoms. The highest BCUT2D eigenvalue weighted by Gasteiger charge is 2.30. The van der Waals surface area contributed by atoms with Gasteiger partial charge in [-0.05, 0) is 47.0 Å². The van der Waals surface area contributed by atoms with Crippen LogP contribution >= 0.6 is 11.6 Å². The number of nitrogens with one attached hydrogen (secondary N) is 1. The van der Waals surface area contributed by atoms with Crippen molar-refractivity contribution in [2.24, 2.45) is 11.7 Å². The van der Waals surface area contributed by atoms with Gasteiger partial charge in [0.15, 0.2) is 5.82 Å². The Morgan fingerprint density at radius 1 is 1.25 bits per heavy atom. The van der Waals surface area contributed by atoms with Crippen LogP contribution in [-0.2, 0) is 4.79 Å². The molecular weight excluding hydrogens is 376 g/mol. The Hall–Kier alpha value is -2.77. The summed E-state index contributed by atoms with van der Waals surface area (Å²) in [7, 11) is 0. The van der Waals surface area contributed by atoms with Gasteiger partial charge in [0.2, 0.25) is 5.91 Å². The quantitative estimate of drug-likeness (QED) is 0.664. The van der Waals surface area contributed by atoms with Crippen LogP contribution in [0, 0.1) is 5.92 Å². The molecule has 3 N–H and O–H groups in total. The average Bonchev–Trinajstić information content (AvgIpc) is 3.45. The van der Waals surface area contributed by atoms with Crippen molar-refractivity contribution in [3.63, 3.8) is 0 Å². The molecular formula is C20H21ClN6O. The highest BCUT2D eigenvalue weighted by atomic mass is 35.5. The number of rotatable bonds is 6. The molecule has 8 heteroatoms. The molecule has 0 bridgehead atoms. The molecule has 2 aromatic carbocycles. The number of nitrogens with two attached hydrogens (primary N) is 1. The summed E-state index contributed by atoms with van der Waals surface area (Å²) in [6, 6.07) is 14.5. The first kappa shape index (κ1) is 18.6. The van der Waals surface area contributed by atoms with Crippen LogP contribution < -0.4 is 11.1 Å². The first-order valence-electron chi connectivity index (χ1n) is 9.24. The lowest BCUT2D eigenvalue weighted by Gasteiger charge is -2.20. The number of nitrogens with zero attached hydrogens (tertiary/aromatic N) is 4. The van der Waals surface area contributed by atoms with Crippen molar-refractivity contribution in [3.05, 3.63) is 64.9 Å². The average molecular weight is 397 g/mol. The molecule has 3 aromatic rings. The van der Waals surface area contributed by atoms with Crippen LogP contribution in [0.3, 0.4) is 0 Å². The van der Waals surface area contributed by atoms with Gasteiger partial charge in [0.25, 0.3) is 0 Å². The summed E-state index contributed by atoms with van der Waals surface area (Å²) in [5.41, 5.74) is 8.46. The molecule has 0 saturated heterocycles. The van der Waals surface area contributed by atoms with Crippen LogP contribution in [-0.4, -0.2) is 26.1 Å². The minimum absolute atomic E-state index is 0.163. The second-order valence-corrected chi connectivity index (χ2v) is 7.51. The van der Waals surface area contributed by atoms with Crippen LogP contribution in [0.15, 0.2) is 48.5 Å². The summed E-state index contributed by atoms with van der Waals surface area (Å²) in [6.07, 6.45) is 2.15. The first-order chi connectivity index (χ1) is 13.5. The standard InChI is InChI=1S/C20H21ClN6O/c1-12(18(22)13-5-3-2-4-6-13)20(28)23-15-9-10-16(21)17(11-15)27-19(14-7-8-14)24-25-26-27/h2-6,9-12,14,18H,7-8,22H2,1H3,(H,23,28). The molecule has 1 aromatic heterocycles. The van der Waals surface area contributed by atoms with Gasteiger partial charge in [0.05, 0.1) is 16.6 Å². The Morgan fingerprint density at radius 3 is 2.71 bits per heavy atom. The lowest BCUT2D eigenvalue weighted by molar-refractivity contribution is -0.120. The lowest BCUT2D eigenvalue weighted by atomic mass is 9.94. The van der Waals surface area contributed by atoms with Gasteiger partial charge in [-0.2, -0.15) is 4.68 Å². The maximum absolute atomic E-state index is 12.7. The molecule has 0 radical (unpaired) electrons. The number of tetrazole rings is 1. The number of anilines is 1. The molecule has 2 atom stereocenters. The van der Waals surface area contributed by atoms with Crippen LogP contribution in [0.2, 0.25) is 5.02 Å². The maximum Gasteiger partial charge on any atom is 0.229 e. The van der Waals surface area contributed by atoms with Crippen molar-refractivity contribution in [1.82, 2.24) is 20.2 Å². The topological polar surface area (TPSA) is 98.7 Å². The molecule has 1 amide bonds. The molecule has 4 rings (SSSR count). The van der Waals surface area contributed by atoms with E-state index in [0.717, 1.165) is 24.2 Å². The van der Waals surface area contributed by atoms with E-state index >= 15 is 0 Å². The largest absolute Gasteiger partial charge is 0.326 e. The Kier molecular flexibility index (Phi) is 5.11. The maximum atomic E-state index is 12.7. The third-order valence-corrected chi connectivity index (χ3v) is 5.33. The Balaban J connectivity index is 1.53. The number of hydrogen-bond acceptors (Lipinski definition) is 5. The molecule has 144 valence electrons. The lowest BCUT2D eigenvalue weighted by Crippen LogP contribution is -2.30. The van der Waals surface area contributed by atoms with E-state index in [1.165, 1.54) is 0 Å². The van der Waals surface area contributed by atoms with E-state index in [9.17, 15) is 4.79 Å². The summed E-state index contributed by atoms with van der Waals surface area (Å²) in [6.45, 7) is 1.82. The molecule has 2 unspecified atom stereocenters. The van der Waals surface area contributed by atoms with Gasteiger partial charge < -0.3 is 11.1 Å². The molecule has 7 nitrogen and oxygen atoms in total. The summed E-state index contributed by atoms with van der Waals surface area (Å²) in [4.78, 5) is 12.7. The highest BCUT2D eigenvalue weighted by Crippen LogP contribution is 2.40. The first-order valence-corrected chi connectivity index (χ1v) is 9.62. The van der Waals surface area contributed by atoms with E-state index in [4.69, 9.17) is 17.3 Å². The van der Waals surface area contributed by atoms with E-state index in [0.29, 0.717) is 22.3 Å². The van der Waals surface area contributed by atoms with Crippen LogP contribution in [0.4, 0.5) is 5.69 Å². The molecule has 0 aliphatic heterocycles. The van der Waals surface area contributed by atoms with E-state index in [1.807, 2.05) is 37.3 Å². The van der Waals surface area contributed by atoms with E-state index in [-0.39, 0.29) is 5.91 Å². The zero-order chi connectivity index (χ0) is 19.7. The molecule has 1 saturated carbocycles. The summed E-state index contributed by atoms with van der Waals surface area (Å²) >= 11 is 6.37. The van der Waals surface area contributed by atoms with Crippen molar-refractivity contribution in [1.29, 1.82) is 0 Å². The van der Waals surface area contributed by atoms with Crippen molar-refractivity contribution >= 4 is 23.2 Å².